The summed E-state index contributed by atoms with van der Waals surface area (Å²) in [5.41, 5.74) is 7.39. The number of halogens is 2. The number of hydrogen-bond donors (Lipinski definition) is 1. The summed E-state index contributed by atoms with van der Waals surface area (Å²) in [5, 5.41) is 0.739. The summed E-state index contributed by atoms with van der Waals surface area (Å²) in [4.78, 5) is 1.11. The molecule has 1 unspecified atom stereocenters. The normalized spacial score (nSPS) is 12.7. The molecule has 1 atom stereocenters. The van der Waals surface area contributed by atoms with Crippen molar-refractivity contribution in [3.63, 3.8) is 0 Å². The number of benzene rings is 1. The van der Waals surface area contributed by atoms with Crippen LogP contribution >= 0.6 is 38.9 Å². The van der Waals surface area contributed by atoms with Crippen LogP contribution in [0.1, 0.15) is 16.5 Å². The molecule has 2 N–H and O–H groups in total. The molecule has 0 amide bonds. The quantitative estimate of drug-likeness (QED) is 0.892. The van der Waals surface area contributed by atoms with Crippen molar-refractivity contribution in [3.8, 4) is 0 Å². The monoisotopic (exact) mass is 315 g/mol. The lowest BCUT2D eigenvalue weighted by Gasteiger charge is -2.08. The van der Waals surface area contributed by atoms with Crippen molar-refractivity contribution in [2.24, 2.45) is 5.73 Å². The first-order valence-corrected chi connectivity index (χ1v) is 6.90. The van der Waals surface area contributed by atoms with Crippen LogP contribution in [-0.4, -0.2) is 0 Å². The van der Waals surface area contributed by atoms with Crippen molar-refractivity contribution in [2.75, 3.05) is 0 Å². The van der Waals surface area contributed by atoms with E-state index in [-0.39, 0.29) is 6.04 Å². The minimum absolute atomic E-state index is 0.0104. The molecule has 0 spiro atoms. The van der Waals surface area contributed by atoms with Crippen molar-refractivity contribution in [1.82, 2.24) is 0 Å². The summed E-state index contributed by atoms with van der Waals surface area (Å²) in [6, 6.07) is 12.2. The Bertz CT molecular complexity index is 450. The van der Waals surface area contributed by atoms with Crippen molar-refractivity contribution in [2.45, 2.75) is 12.5 Å². The topological polar surface area (TPSA) is 26.0 Å². The van der Waals surface area contributed by atoms with Crippen molar-refractivity contribution < 1.29 is 0 Å². The van der Waals surface area contributed by atoms with Crippen LogP contribution in [0.15, 0.2) is 40.2 Å². The van der Waals surface area contributed by atoms with E-state index in [4.69, 9.17) is 17.3 Å². The zero-order valence-corrected chi connectivity index (χ0v) is 11.6. The van der Waals surface area contributed by atoms with E-state index in [1.807, 2.05) is 24.3 Å². The zero-order chi connectivity index (χ0) is 11.5. The second-order valence-electron chi connectivity index (χ2n) is 3.57. The molecular weight excluding hydrogens is 306 g/mol. The molecule has 0 radical (unpaired) electrons. The van der Waals surface area contributed by atoms with Crippen LogP contribution in [-0.2, 0) is 6.42 Å². The minimum atomic E-state index is 0.0104. The number of nitrogens with two attached hydrogens (primary N) is 1. The molecule has 0 saturated heterocycles. The maximum Gasteiger partial charge on any atom is 0.0887 e. The number of rotatable bonds is 3. The van der Waals surface area contributed by atoms with Gasteiger partial charge in [0.1, 0.15) is 0 Å². The number of hydrogen-bond acceptors (Lipinski definition) is 2. The van der Waals surface area contributed by atoms with Crippen LogP contribution in [0.5, 0.6) is 0 Å². The molecule has 2 aromatic rings. The third kappa shape index (κ3) is 2.86. The van der Waals surface area contributed by atoms with Crippen LogP contribution in [0.4, 0.5) is 0 Å². The van der Waals surface area contributed by atoms with E-state index in [1.165, 1.54) is 5.56 Å². The summed E-state index contributed by atoms with van der Waals surface area (Å²) in [5.74, 6) is 0. The van der Waals surface area contributed by atoms with Crippen molar-refractivity contribution >= 4 is 38.9 Å². The van der Waals surface area contributed by atoms with Gasteiger partial charge in [-0.05, 0) is 34.0 Å². The van der Waals surface area contributed by atoms with Gasteiger partial charge in [0.2, 0.25) is 0 Å². The fourth-order valence-electron chi connectivity index (χ4n) is 1.51. The van der Waals surface area contributed by atoms with Gasteiger partial charge in [0.05, 0.1) is 8.81 Å². The Morgan fingerprint density at radius 1 is 1.31 bits per heavy atom. The molecule has 1 heterocycles. The lowest BCUT2D eigenvalue weighted by molar-refractivity contribution is 0.736. The van der Waals surface area contributed by atoms with E-state index in [0.717, 1.165) is 20.1 Å². The van der Waals surface area contributed by atoms with Gasteiger partial charge >= 0.3 is 0 Å². The van der Waals surface area contributed by atoms with Gasteiger partial charge in [0.25, 0.3) is 0 Å². The molecule has 1 nitrogen and oxygen atoms in total. The maximum atomic E-state index is 6.14. The highest BCUT2D eigenvalue weighted by molar-refractivity contribution is 9.11. The second-order valence-corrected chi connectivity index (χ2v) is 6.38. The molecule has 0 aliphatic carbocycles. The van der Waals surface area contributed by atoms with Crippen LogP contribution in [0.25, 0.3) is 0 Å². The lowest BCUT2D eigenvalue weighted by Crippen LogP contribution is -2.11. The van der Waals surface area contributed by atoms with E-state index < -0.39 is 0 Å². The molecule has 4 heteroatoms. The average molecular weight is 317 g/mol. The lowest BCUT2D eigenvalue weighted by atomic mass is 10.1. The fourth-order valence-corrected chi connectivity index (χ4v) is 3.26. The first-order chi connectivity index (χ1) is 7.66. The Hall–Kier alpha value is -0.350. The Balaban J connectivity index is 2.11. The first kappa shape index (κ1) is 12.1. The van der Waals surface area contributed by atoms with Gasteiger partial charge in [0, 0.05) is 10.9 Å². The molecule has 2 rings (SSSR count). The minimum Gasteiger partial charge on any atom is -0.323 e. The molecule has 0 fully saturated rings. The molecule has 1 aromatic carbocycles. The zero-order valence-electron chi connectivity index (χ0n) is 8.49. The maximum absolute atomic E-state index is 6.14. The Kier molecular flexibility index (Phi) is 4.03. The molecule has 1 aromatic heterocycles. The fraction of sp³-hybridized carbons (Fsp3) is 0.167. The van der Waals surface area contributed by atoms with E-state index in [1.54, 1.807) is 11.3 Å². The van der Waals surface area contributed by atoms with E-state index in [0.29, 0.717) is 0 Å². The van der Waals surface area contributed by atoms with Gasteiger partial charge < -0.3 is 5.73 Å². The van der Waals surface area contributed by atoms with E-state index in [2.05, 4.69) is 28.1 Å². The van der Waals surface area contributed by atoms with Gasteiger partial charge in [-0.25, -0.2) is 0 Å². The summed E-state index contributed by atoms with van der Waals surface area (Å²) < 4.78 is 0.952. The average Bonchev–Trinajstić information content (AvgIpc) is 2.61. The molecule has 0 aliphatic heterocycles. The second kappa shape index (κ2) is 5.32. The Labute approximate surface area is 112 Å². The first-order valence-electron chi connectivity index (χ1n) is 4.91. The summed E-state index contributed by atoms with van der Waals surface area (Å²) in [6.45, 7) is 0. The van der Waals surface area contributed by atoms with Crippen LogP contribution < -0.4 is 5.73 Å². The molecular formula is C12H11BrClNS. The highest BCUT2D eigenvalue weighted by Crippen LogP contribution is 2.35. The molecule has 84 valence electrons. The Morgan fingerprint density at radius 3 is 2.56 bits per heavy atom. The summed E-state index contributed by atoms with van der Waals surface area (Å²) >= 11 is 11.0. The van der Waals surface area contributed by atoms with E-state index >= 15 is 0 Å². The molecule has 0 saturated carbocycles. The highest BCUT2D eigenvalue weighted by atomic mass is 79.9. The van der Waals surface area contributed by atoms with Gasteiger partial charge in [-0.2, -0.15) is 0 Å². The van der Waals surface area contributed by atoms with E-state index in [9.17, 15) is 0 Å². The third-order valence-corrected chi connectivity index (χ3v) is 4.93. The Morgan fingerprint density at radius 2 is 2.00 bits per heavy atom. The predicted molar refractivity (Wildman–Crippen MR) is 74.1 cm³/mol. The SMILES string of the molecule is NC(Cc1ccccc1)c1cc(Cl)c(Br)s1. The van der Waals surface area contributed by atoms with Gasteiger partial charge in [-0.3, -0.25) is 0 Å². The van der Waals surface area contributed by atoms with Gasteiger partial charge in [-0.1, -0.05) is 41.9 Å². The van der Waals surface area contributed by atoms with Crippen LogP contribution in [0.2, 0.25) is 5.02 Å². The standard InChI is InChI=1S/C12H11BrClNS/c13-12-9(14)7-11(16-12)10(15)6-8-4-2-1-3-5-8/h1-5,7,10H,6,15H2. The summed E-state index contributed by atoms with van der Waals surface area (Å²) in [6.07, 6.45) is 0.837. The highest BCUT2D eigenvalue weighted by Gasteiger charge is 2.12. The van der Waals surface area contributed by atoms with Gasteiger partial charge in [0.15, 0.2) is 0 Å². The van der Waals surface area contributed by atoms with Crippen LogP contribution in [0.3, 0.4) is 0 Å². The largest absolute Gasteiger partial charge is 0.323 e. The molecule has 0 bridgehead atoms. The molecule has 16 heavy (non-hydrogen) atoms. The predicted octanol–water partition coefficient (Wildman–Crippen LogP) is 4.41. The van der Waals surface area contributed by atoms with Crippen molar-refractivity contribution in [1.29, 1.82) is 0 Å². The summed E-state index contributed by atoms with van der Waals surface area (Å²) in [7, 11) is 0. The van der Waals surface area contributed by atoms with Gasteiger partial charge in [-0.15, -0.1) is 11.3 Å². The third-order valence-electron chi connectivity index (χ3n) is 2.33. The smallest absolute Gasteiger partial charge is 0.0887 e. The molecule has 0 aliphatic rings. The van der Waals surface area contributed by atoms with Crippen molar-refractivity contribution in [3.05, 3.63) is 55.6 Å². The number of thiophene rings is 1. The van der Waals surface area contributed by atoms with Crippen LogP contribution in [0, 0.1) is 0 Å².